The van der Waals surface area contributed by atoms with Crippen molar-refractivity contribution in [2.45, 2.75) is 61.8 Å². The van der Waals surface area contributed by atoms with Gasteiger partial charge in [0, 0.05) is 41.0 Å². The van der Waals surface area contributed by atoms with Crippen LogP contribution in [0.15, 0.2) is 77.7 Å². The van der Waals surface area contributed by atoms with E-state index in [0.717, 1.165) is 68.0 Å². The number of likely N-dealkylation sites (N-methyl/N-ethyl adjacent to an activating group) is 1. The fraction of sp³-hybridized carbons (Fsp3) is 0.424. The molecule has 1 aliphatic carbocycles. The molecule has 6 heteroatoms. The van der Waals surface area contributed by atoms with Crippen LogP contribution in [0.1, 0.15) is 47.9 Å². The molecule has 5 rings (SSSR count). The van der Waals surface area contributed by atoms with Crippen LogP contribution in [0.25, 0.3) is 0 Å². The third kappa shape index (κ3) is 7.26. The van der Waals surface area contributed by atoms with Crippen molar-refractivity contribution in [3.63, 3.8) is 0 Å². The minimum Gasteiger partial charge on any atom is -0.353 e. The maximum absolute atomic E-state index is 12.6. The first-order valence-corrected chi connectivity index (χ1v) is 15.3. The first-order valence-electron chi connectivity index (χ1n) is 14.2. The first kappa shape index (κ1) is 28.2. The molecule has 1 atom stereocenters. The number of benzene rings is 3. The number of likely N-dealkylation sites (tertiary alicyclic amines) is 1. The minimum absolute atomic E-state index is 0.136. The summed E-state index contributed by atoms with van der Waals surface area (Å²) in [7, 11) is 2.21. The third-order valence-corrected chi connectivity index (χ3v) is 9.77. The third-order valence-electron chi connectivity index (χ3n) is 8.46. The summed E-state index contributed by atoms with van der Waals surface area (Å²) >= 11 is 8.20. The molecule has 3 aromatic carbocycles. The van der Waals surface area contributed by atoms with Crippen LogP contribution in [-0.4, -0.2) is 54.4 Å². The number of halogens is 1. The fourth-order valence-electron chi connectivity index (χ4n) is 6.27. The summed E-state index contributed by atoms with van der Waals surface area (Å²) in [5.41, 5.74) is 5.37. The standard InChI is InChI=1S/C33H40ClN3OS/c1-25-12-13-29(23-31(25)34)39-36(2)24-33(17-14-27-10-6-7-11-30(27)33)18-21-37-19-15-28(16-20-37)35-32(38)22-26-8-4-3-5-9-26/h3-13,23,28H,14-22,24H2,1-2H3,(H,35,38). The molecule has 4 nitrogen and oxygen atoms in total. The highest BCUT2D eigenvalue weighted by Crippen LogP contribution is 2.44. The van der Waals surface area contributed by atoms with Crippen molar-refractivity contribution in [1.29, 1.82) is 0 Å². The van der Waals surface area contributed by atoms with E-state index in [1.807, 2.05) is 37.3 Å². The van der Waals surface area contributed by atoms with Gasteiger partial charge in [-0.05, 0) is 99.0 Å². The van der Waals surface area contributed by atoms with Gasteiger partial charge in [-0.2, -0.15) is 0 Å². The van der Waals surface area contributed by atoms with Gasteiger partial charge >= 0.3 is 0 Å². The topological polar surface area (TPSA) is 35.6 Å². The van der Waals surface area contributed by atoms with Crippen molar-refractivity contribution in [2.75, 3.05) is 33.2 Å². The smallest absolute Gasteiger partial charge is 0.224 e. The van der Waals surface area contributed by atoms with Crippen LogP contribution in [0.2, 0.25) is 5.02 Å². The van der Waals surface area contributed by atoms with Crippen molar-refractivity contribution in [2.24, 2.45) is 0 Å². The number of rotatable bonds is 10. The van der Waals surface area contributed by atoms with Crippen LogP contribution in [0.4, 0.5) is 0 Å². The minimum atomic E-state index is 0.136. The van der Waals surface area contributed by atoms with Crippen molar-refractivity contribution in [3.8, 4) is 0 Å². The second-order valence-electron chi connectivity index (χ2n) is 11.3. The van der Waals surface area contributed by atoms with Gasteiger partial charge in [-0.1, -0.05) is 72.3 Å². The van der Waals surface area contributed by atoms with Crippen LogP contribution in [0.5, 0.6) is 0 Å². The molecule has 1 aliphatic heterocycles. The molecule has 206 valence electrons. The van der Waals surface area contributed by atoms with E-state index < -0.39 is 0 Å². The summed E-state index contributed by atoms with van der Waals surface area (Å²) in [6, 6.07) is 25.7. The van der Waals surface area contributed by atoms with Crippen molar-refractivity contribution in [3.05, 3.63) is 100 Å². The quantitative estimate of drug-likeness (QED) is 0.280. The molecule has 1 saturated heterocycles. The van der Waals surface area contributed by atoms with E-state index in [1.54, 1.807) is 11.9 Å². The van der Waals surface area contributed by atoms with Crippen LogP contribution >= 0.6 is 23.5 Å². The molecule has 3 aromatic rings. The average molecular weight is 562 g/mol. The van der Waals surface area contributed by atoms with Gasteiger partial charge in [-0.3, -0.25) is 4.79 Å². The van der Waals surface area contributed by atoms with E-state index in [2.05, 4.69) is 64.0 Å². The molecule has 1 amide bonds. The second-order valence-corrected chi connectivity index (χ2v) is 13.0. The number of nitrogens with one attached hydrogen (secondary N) is 1. The van der Waals surface area contributed by atoms with Crippen LogP contribution in [0.3, 0.4) is 0 Å². The number of piperidine rings is 1. The van der Waals surface area contributed by atoms with Crippen molar-refractivity contribution >= 4 is 29.5 Å². The highest BCUT2D eigenvalue weighted by molar-refractivity contribution is 7.97. The molecule has 2 aliphatic rings. The zero-order chi connectivity index (χ0) is 27.2. The van der Waals surface area contributed by atoms with Gasteiger partial charge in [-0.15, -0.1) is 0 Å². The van der Waals surface area contributed by atoms with Crippen LogP contribution in [-0.2, 0) is 23.1 Å². The highest BCUT2D eigenvalue weighted by atomic mass is 35.5. The van der Waals surface area contributed by atoms with Gasteiger partial charge < -0.3 is 10.2 Å². The molecule has 1 heterocycles. The first-order chi connectivity index (χ1) is 18.9. The Hall–Kier alpha value is -2.31. The summed E-state index contributed by atoms with van der Waals surface area (Å²) < 4.78 is 2.40. The lowest BCUT2D eigenvalue weighted by molar-refractivity contribution is -0.121. The number of aryl methyl sites for hydroxylation is 2. The van der Waals surface area contributed by atoms with Gasteiger partial charge in [-0.25, -0.2) is 4.31 Å². The van der Waals surface area contributed by atoms with Gasteiger partial charge in [0.25, 0.3) is 0 Å². The summed E-state index contributed by atoms with van der Waals surface area (Å²) in [5, 5.41) is 4.11. The average Bonchev–Trinajstić information content (AvgIpc) is 3.29. The lowest BCUT2D eigenvalue weighted by atomic mass is 9.78. The number of nitrogens with zero attached hydrogens (tertiary/aromatic N) is 2. The van der Waals surface area contributed by atoms with E-state index >= 15 is 0 Å². The number of hydrogen-bond acceptors (Lipinski definition) is 4. The fourth-order valence-corrected chi connectivity index (χ4v) is 7.49. The number of hydrogen-bond donors (Lipinski definition) is 1. The molecule has 0 spiro atoms. The maximum Gasteiger partial charge on any atom is 0.224 e. The second kappa shape index (κ2) is 12.9. The Balaban J connectivity index is 1.17. The van der Waals surface area contributed by atoms with Gasteiger partial charge in [0.15, 0.2) is 0 Å². The Morgan fingerprint density at radius 1 is 1.08 bits per heavy atom. The number of carbonyl (C=O) groups is 1. The van der Waals surface area contributed by atoms with Gasteiger partial charge in [0.2, 0.25) is 5.91 Å². The zero-order valence-electron chi connectivity index (χ0n) is 23.2. The van der Waals surface area contributed by atoms with Crippen LogP contribution in [0, 0.1) is 6.92 Å². The maximum atomic E-state index is 12.6. The molecule has 0 bridgehead atoms. The number of fused-ring (bicyclic) bond motifs is 1. The summed E-state index contributed by atoms with van der Waals surface area (Å²) in [6.45, 7) is 6.23. The summed E-state index contributed by atoms with van der Waals surface area (Å²) in [5.74, 6) is 0.136. The summed E-state index contributed by atoms with van der Waals surface area (Å²) in [4.78, 5) is 16.3. The Labute approximate surface area is 243 Å². The van der Waals surface area contributed by atoms with E-state index in [4.69, 9.17) is 11.6 Å². The molecule has 0 radical (unpaired) electrons. The molecule has 1 fully saturated rings. The molecule has 0 saturated carbocycles. The Morgan fingerprint density at radius 2 is 1.82 bits per heavy atom. The zero-order valence-corrected chi connectivity index (χ0v) is 24.7. The molecule has 1 unspecified atom stereocenters. The molecule has 1 N–H and O–H groups in total. The van der Waals surface area contributed by atoms with Crippen molar-refractivity contribution in [1.82, 2.24) is 14.5 Å². The molecule has 39 heavy (non-hydrogen) atoms. The molecule has 0 aromatic heterocycles. The van der Waals surface area contributed by atoms with Gasteiger partial charge in [0.05, 0.1) is 6.42 Å². The molecular weight excluding hydrogens is 522 g/mol. The molecular formula is C33H40ClN3OS. The van der Waals surface area contributed by atoms with Gasteiger partial charge in [0.1, 0.15) is 0 Å². The largest absolute Gasteiger partial charge is 0.353 e. The van der Waals surface area contributed by atoms with E-state index in [9.17, 15) is 4.79 Å². The normalized spacial score (nSPS) is 19.8. The van der Waals surface area contributed by atoms with Crippen molar-refractivity contribution < 1.29 is 4.79 Å². The highest BCUT2D eigenvalue weighted by Gasteiger charge is 2.40. The van der Waals surface area contributed by atoms with Crippen LogP contribution < -0.4 is 5.32 Å². The Morgan fingerprint density at radius 3 is 2.59 bits per heavy atom. The Bertz CT molecular complexity index is 1260. The van der Waals surface area contributed by atoms with E-state index in [1.165, 1.54) is 22.4 Å². The van der Waals surface area contributed by atoms with E-state index in [-0.39, 0.29) is 17.4 Å². The lowest BCUT2D eigenvalue weighted by Gasteiger charge is -2.38. The summed E-state index contributed by atoms with van der Waals surface area (Å²) in [6.07, 6.45) is 6.00. The SMILES string of the molecule is Cc1ccc(SN(C)CC2(CCN3CCC(NC(=O)Cc4ccccc4)CC3)CCc3ccccc32)cc1Cl. The Kier molecular flexibility index (Phi) is 9.34. The number of amides is 1. The monoisotopic (exact) mass is 561 g/mol. The predicted octanol–water partition coefficient (Wildman–Crippen LogP) is 6.68. The lowest BCUT2D eigenvalue weighted by Crippen LogP contribution is -2.46. The number of carbonyl (C=O) groups excluding carboxylic acids is 1. The predicted molar refractivity (Wildman–Crippen MR) is 163 cm³/mol. The van der Waals surface area contributed by atoms with E-state index in [0.29, 0.717) is 6.42 Å².